The predicted molar refractivity (Wildman–Crippen MR) is 82.9 cm³/mol. The summed E-state index contributed by atoms with van der Waals surface area (Å²) in [6, 6.07) is 14.3. The first kappa shape index (κ1) is 14.6. The zero-order chi connectivity index (χ0) is 14.5. The van der Waals surface area contributed by atoms with Gasteiger partial charge in [-0.25, -0.2) is 0 Å². The molecule has 0 saturated carbocycles. The first-order valence-corrected chi connectivity index (χ1v) is 6.99. The molecule has 0 bridgehead atoms. The van der Waals surface area contributed by atoms with E-state index >= 15 is 0 Å². The third-order valence-electron chi connectivity index (χ3n) is 2.62. The summed E-state index contributed by atoms with van der Waals surface area (Å²) in [6.07, 6.45) is 0.357. The lowest BCUT2D eigenvalue weighted by molar-refractivity contribution is 0.102. The van der Waals surface area contributed by atoms with E-state index in [4.69, 9.17) is 16.9 Å². The van der Waals surface area contributed by atoms with Crippen LogP contribution in [0.2, 0.25) is 5.02 Å². The molecule has 1 N–H and O–H groups in total. The van der Waals surface area contributed by atoms with Gasteiger partial charge in [-0.3, -0.25) is 4.79 Å². The van der Waals surface area contributed by atoms with E-state index in [-0.39, 0.29) is 5.91 Å². The summed E-state index contributed by atoms with van der Waals surface area (Å²) < 4.78 is 0.750. The van der Waals surface area contributed by atoms with Crippen molar-refractivity contribution in [2.75, 3.05) is 5.32 Å². The minimum atomic E-state index is -0.235. The SMILES string of the molecule is N#CCc1ccc(NC(=O)c2cc(Cl)cc(Br)c2)cc1. The number of amides is 1. The van der Waals surface area contributed by atoms with E-state index in [2.05, 4.69) is 27.3 Å². The van der Waals surface area contributed by atoms with Crippen LogP contribution in [0.4, 0.5) is 5.69 Å². The zero-order valence-electron chi connectivity index (χ0n) is 10.4. The standard InChI is InChI=1S/C15H10BrClN2O/c16-12-7-11(8-13(17)9-12)15(20)19-14-3-1-10(2-4-14)5-6-18/h1-4,7-9H,5H2,(H,19,20). The molecule has 0 spiro atoms. The fraction of sp³-hybridized carbons (Fsp3) is 0.0667. The Balaban J connectivity index is 2.13. The Hall–Kier alpha value is -1.83. The average Bonchev–Trinajstić information content (AvgIpc) is 2.40. The summed E-state index contributed by atoms with van der Waals surface area (Å²) in [4.78, 5) is 12.1. The Morgan fingerprint density at radius 1 is 1.25 bits per heavy atom. The van der Waals surface area contributed by atoms with Gasteiger partial charge in [-0.2, -0.15) is 5.26 Å². The molecule has 0 aliphatic rings. The van der Waals surface area contributed by atoms with Crippen LogP contribution < -0.4 is 5.32 Å². The molecule has 0 unspecified atom stereocenters. The second kappa shape index (κ2) is 6.56. The third kappa shape index (κ3) is 3.83. The van der Waals surface area contributed by atoms with Crippen molar-refractivity contribution >= 4 is 39.1 Å². The highest BCUT2D eigenvalue weighted by Gasteiger charge is 2.08. The topological polar surface area (TPSA) is 52.9 Å². The molecule has 0 atom stereocenters. The maximum absolute atomic E-state index is 12.1. The Kier molecular flexibility index (Phi) is 4.78. The van der Waals surface area contributed by atoms with Crippen molar-refractivity contribution in [3.05, 3.63) is 63.1 Å². The molecular formula is C15H10BrClN2O. The van der Waals surface area contributed by atoms with Gasteiger partial charge in [0.25, 0.3) is 5.91 Å². The second-order valence-electron chi connectivity index (χ2n) is 4.14. The number of anilines is 1. The number of hydrogen-bond donors (Lipinski definition) is 1. The quantitative estimate of drug-likeness (QED) is 0.891. The first-order valence-electron chi connectivity index (χ1n) is 5.82. The molecule has 0 heterocycles. The normalized spacial score (nSPS) is 9.85. The zero-order valence-corrected chi connectivity index (χ0v) is 12.7. The van der Waals surface area contributed by atoms with Gasteiger partial charge < -0.3 is 5.32 Å². The molecular weight excluding hydrogens is 340 g/mol. The Morgan fingerprint density at radius 3 is 2.55 bits per heavy atom. The number of carbonyl (C=O) groups excluding carboxylic acids is 1. The highest BCUT2D eigenvalue weighted by molar-refractivity contribution is 9.10. The van der Waals surface area contributed by atoms with E-state index in [9.17, 15) is 4.79 Å². The third-order valence-corrected chi connectivity index (χ3v) is 3.30. The van der Waals surface area contributed by atoms with Gasteiger partial charge in [-0.15, -0.1) is 0 Å². The molecule has 100 valence electrons. The second-order valence-corrected chi connectivity index (χ2v) is 5.50. The number of hydrogen-bond acceptors (Lipinski definition) is 2. The highest BCUT2D eigenvalue weighted by atomic mass is 79.9. The van der Waals surface area contributed by atoms with Gasteiger partial charge in [0.1, 0.15) is 0 Å². The van der Waals surface area contributed by atoms with E-state index in [1.807, 2.05) is 12.1 Å². The largest absolute Gasteiger partial charge is 0.322 e. The fourth-order valence-corrected chi connectivity index (χ4v) is 2.55. The van der Waals surface area contributed by atoms with Gasteiger partial charge in [0, 0.05) is 20.7 Å². The Morgan fingerprint density at radius 2 is 1.95 bits per heavy atom. The monoisotopic (exact) mass is 348 g/mol. The molecule has 0 aliphatic carbocycles. The summed E-state index contributed by atoms with van der Waals surface area (Å²) >= 11 is 9.21. The lowest BCUT2D eigenvalue weighted by Gasteiger charge is -2.06. The van der Waals surface area contributed by atoms with Crippen LogP contribution in [-0.2, 0) is 6.42 Å². The molecule has 5 heteroatoms. The summed E-state index contributed by atoms with van der Waals surface area (Å²) in [5.41, 5.74) is 2.06. The van der Waals surface area contributed by atoms with Gasteiger partial charge in [-0.05, 0) is 35.9 Å². The molecule has 0 aromatic heterocycles. The van der Waals surface area contributed by atoms with Crippen molar-refractivity contribution in [3.8, 4) is 6.07 Å². The maximum Gasteiger partial charge on any atom is 0.255 e. The minimum absolute atomic E-state index is 0.235. The summed E-state index contributed by atoms with van der Waals surface area (Å²) in [5, 5.41) is 11.9. The number of rotatable bonds is 3. The minimum Gasteiger partial charge on any atom is -0.322 e. The lowest BCUT2D eigenvalue weighted by Crippen LogP contribution is -2.11. The van der Waals surface area contributed by atoms with Crippen LogP contribution in [0.1, 0.15) is 15.9 Å². The number of halogens is 2. The molecule has 2 rings (SSSR count). The number of nitrogens with zero attached hydrogens (tertiary/aromatic N) is 1. The summed E-state index contributed by atoms with van der Waals surface area (Å²) in [6.45, 7) is 0. The van der Waals surface area contributed by atoms with Crippen molar-refractivity contribution in [1.82, 2.24) is 0 Å². The van der Waals surface area contributed by atoms with Gasteiger partial charge in [0.2, 0.25) is 0 Å². The smallest absolute Gasteiger partial charge is 0.255 e. The van der Waals surface area contributed by atoms with E-state index < -0.39 is 0 Å². The lowest BCUT2D eigenvalue weighted by atomic mass is 10.1. The van der Waals surface area contributed by atoms with Crippen LogP contribution >= 0.6 is 27.5 Å². The Labute approximate surface area is 130 Å². The van der Waals surface area contributed by atoms with Crippen LogP contribution in [-0.4, -0.2) is 5.91 Å². The number of benzene rings is 2. The van der Waals surface area contributed by atoms with Crippen LogP contribution in [0, 0.1) is 11.3 Å². The van der Waals surface area contributed by atoms with Gasteiger partial charge in [0.05, 0.1) is 12.5 Å². The van der Waals surface area contributed by atoms with Crippen LogP contribution in [0.3, 0.4) is 0 Å². The van der Waals surface area contributed by atoms with Crippen LogP contribution in [0.15, 0.2) is 46.9 Å². The van der Waals surface area contributed by atoms with E-state index in [1.54, 1.807) is 30.3 Å². The van der Waals surface area contributed by atoms with Crippen molar-refractivity contribution in [2.24, 2.45) is 0 Å². The molecule has 0 aliphatic heterocycles. The number of nitrogens with one attached hydrogen (secondary N) is 1. The van der Waals surface area contributed by atoms with Gasteiger partial charge in [0.15, 0.2) is 0 Å². The molecule has 2 aromatic carbocycles. The molecule has 0 saturated heterocycles. The Bertz CT molecular complexity index is 657. The van der Waals surface area contributed by atoms with Crippen LogP contribution in [0.25, 0.3) is 0 Å². The van der Waals surface area contributed by atoms with Gasteiger partial charge >= 0.3 is 0 Å². The molecule has 0 fully saturated rings. The predicted octanol–water partition coefficient (Wildman–Crippen LogP) is 4.42. The maximum atomic E-state index is 12.1. The first-order chi connectivity index (χ1) is 9.58. The molecule has 3 nitrogen and oxygen atoms in total. The van der Waals surface area contributed by atoms with Crippen molar-refractivity contribution in [3.63, 3.8) is 0 Å². The average molecular weight is 350 g/mol. The molecule has 0 radical (unpaired) electrons. The van der Waals surface area contributed by atoms with Gasteiger partial charge in [-0.1, -0.05) is 39.7 Å². The highest BCUT2D eigenvalue weighted by Crippen LogP contribution is 2.20. The van der Waals surface area contributed by atoms with E-state index in [1.165, 1.54) is 0 Å². The molecule has 20 heavy (non-hydrogen) atoms. The van der Waals surface area contributed by atoms with Crippen molar-refractivity contribution in [2.45, 2.75) is 6.42 Å². The van der Waals surface area contributed by atoms with Crippen LogP contribution in [0.5, 0.6) is 0 Å². The van der Waals surface area contributed by atoms with E-state index in [0.717, 1.165) is 10.0 Å². The summed E-state index contributed by atoms with van der Waals surface area (Å²) in [5.74, 6) is -0.235. The molecule has 2 aromatic rings. The molecule has 1 amide bonds. The number of nitriles is 1. The number of carbonyl (C=O) groups is 1. The van der Waals surface area contributed by atoms with Crippen molar-refractivity contribution < 1.29 is 4.79 Å². The summed E-state index contributed by atoms with van der Waals surface area (Å²) in [7, 11) is 0. The van der Waals surface area contributed by atoms with Crippen molar-refractivity contribution in [1.29, 1.82) is 5.26 Å². The fourth-order valence-electron chi connectivity index (χ4n) is 1.69. The van der Waals surface area contributed by atoms with E-state index in [0.29, 0.717) is 22.7 Å².